The van der Waals surface area contributed by atoms with Crippen LogP contribution in [0.15, 0.2) is 30.5 Å². The number of aliphatic hydroxyl groups excluding tert-OH is 1. The van der Waals surface area contributed by atoms with Gasteiger partial charge in [0.15, 0.2) is 0 Å². The summed E-state index contributed by atoms with van der Waals surface area (Å²) < 4.78 is 2.22. The van der Waals surface area contributed by atoms with Crippen molar-refractivity contribution in [2.24, 2.45) is 0 Å². The highest BCUT2D eigenvalue weighted by atomic mass is 16.3. The summed E-state index contributed by atoms with van der Waals surface area (Å²) in [7, 11) is 0. The fourth-order valence-corrected chi connectivity index (χ4v) is 1.99. The Balaban J connectivity index is 2.39. The van der Waals surface area contributed by atoms with Crippen molar-refractivity contribution in [1.82, 2.24) is 4.57 Å². The van der Waals surface area contributed by atoms with Gasteiger partial charge in [0.1, 0.15) is 0 Å². The number of aliphatic hydroxyl groups is 1. The molecule has 1 unspecified atom stereocenters. The van der Waals surface area contributed by atoms with Crippen LogP contribution < -0.4 is 0 Å². The van der Waals surface area contributed by atoms with Crippen LogP contribution >= 0.6 is 0 Å². The first-order chi connectivity index (χ1) is 7.20. The van der Waals surface area contributed by atoms with Crippen LogP contribution in [0.3, 0.4) is 0 Å². The molecule has 80 valence electrons. The van der Waals surface area contributed by atoms with Crippen LogP contribution in [0.25, 0.3) is 10.9 Å². The molecule has 2 aromatic rings. The lowest BCUT2D eigenvalue weighted by atomic mass is 10.1. The molecule has 2 heteroatoms. The van der Waals surface area contributed by atoms with E-state index in [9.17, 15) is 5.11 Å². The minimum atomic E-state index is -0.268. The molecule has 1 aromatic carbocycles. The van der Waals surface area contributed by atoms with Crippen LogP contribution in [0.2, 0.25) is 0 Å². The monoisotopic (exact) mass is 203 g/mol. The molecule has 0 saturated carbocycles. The maximum atomic E-state index is 9.32. The largest absolute Gasteiger partial charge is 0.393 e. The lowest BCUT2D eigenvalue weighted by Gasteiger charge is -2.05. The molecule has 1 heterocycles. The molecule has 0 fully saturated rings. The van der Waals surface area contributed by atoms with E-state index in [-0.39, 0.29) is 6.10 Å². The maximum Gasteiger partial charge on any atom is 0.0552 e. The summed E-state index contributed by atoms with van der Waals surface area (Å²) >= 11 is 0. The molecule has 15 heavy (non-hydrogen) atoms. The van der Waals surface area contributed by atoms with Crippen LogP contribution in [-0.4, -0.2) is 15.8 Å². The first-order valence-electron chi connectivity index (χ1n) is 5.46. The Bertz CT molecular complexity index is 457. The Hall–Kier alpha value is -1.28. The van der Waals surface area contributed by atoms with Crippen molar-refractivity contribution in [3.05, 3.63) is 36.0 Å². The zero-order chi connectivity index (χ0) is 10.8. The van der Waals surface area contributed by atoms with Gasteiger partial charge in [-0.15, -0.1) is 0 Å². The van der Waals surface area contributed by atoms with Crippen LogP contribution in [0, 0.1) is 0 Å². The van der Waals surface area contributed by atoms with Gasteiger partial charge in [-0.25, -0.2) is 0 Å². The number of hydrogen-bond acceptors (Lipinski definition) is 1. The molecule has 1 N–H and O–H groups in total. The molecule has 1 atom stereocenters. The van der Waals surface area contributed by atoms with Gasteiger partial charge >= 0.3 is 0 Å². The third-order valence-electron chi connectivity index (χ3n) is 2.71. The summed E-state index contributed by atoms with van der Waals surface area (Å²) in [4.78, 5) is 0. The Morgan fingerprint density at radius 1 is 1.33 bits per heavy atom. The average molecular weight is 203 g/mol. The third-order valence-corrected chi connectivity index (χ3v) is 2.71. The van der Waals surface area contributed by atoms with Gasteiger partial charge in [0, 0.05) is 18.3 Å². The zero-order valence-corrected chi connectivity index (χ0v) is 9.27. The topological polar surface area (TPSA) is 25.2 Å². The Labute approximate surface area is 90.2 Å². The van der Waals surface area contributed by atoms with Crippen molar-refractivity contribution < 1.29 is 5.11 Å². The molecule has 0 aliphatic rings. The summed E-state index contributed by atoms with van der Waals surface area (Å²) in [5.74, 6) is 0. The van der Waals surface area contributed by atoms with E-state index < -0.39 is 0 Å². The van der Waals surface area contributed by atoms with Crippen LogP contribution in [-0.2, 0) is 13.0 Å². The number of fused-ring (bicyclic) bond motifs is 1. The van der Waals surface area contributed by atoms with E-state index >= 15 is 0 Å². The van der Waals surface area contributed by atoms with Crippen LogP contribution in [0.5, 0.6) is 0 Å². The van der Waals surface area contributed by atoms with Gasteiger partial charge < -0.3 is 9.67 Å². The first kappa shape index (κ1) is 10.2. The molecule has 0 amide bonds. The molecule has 1 aromatic heterocycles. The van der Waals surface area contributed by atoms with Gasteiger partial charge in [-0.1, -0.05) is 6.07 Å². The highest BCUT2D eigenvalue weighted by Gasteiger charge is 2.03. The van der Waals surface area contributed by atoms with E-state index in [1.165, 1.54) is 16.5 Å². The van der Waals surface area contributed by atoms with Gasteiger partial charge in [-0.3, -0.25) is 0 Å². The summed E-state index contributed by atoms with van der Waals surface area (Å²) in [5.41, 5.74) is 2.47. The number of rotatable bonds is 3. The van der Waals surface area contributed by atoms with Gasteiger partial charge in [-0.2, -0.15) is 0 Å². The number of aromatic nitrogens is 1. The maximum absolute atomic E-state index is 9.32. The second-order valence-electron chi connectivity index (χ2n) is 4.05. The van der Waals surface area contributed by atoms with Gasteiger partial charge in [0.2, 0.25) is 0 Å². The number of benzene rings is 1. The van der Waals surface area contributed by atoms with E-state index in [1.807, 2.05) is 6.92 Å². The predicted molar refractivity (Wildman–Crippen MR) is 63.0 cm³/mol. The quantitative estimate of drug-likeness (QED) is 0.815. The highest BCUT2D eigenvalue weighted by molar-refractivity contribution is 5.80. The van der Waals surface area contributed by atoms with Crippen molar-refractivity contribution >= 4 is 10.9 Å². The molecule has 2 nitrogen and oxygen atoms in total. The smallest absolute Gasteiger partial charge is 0.0552 e. The van der Waals surface area contributed by atoms with E-state index in [1.54, 1.807) is 0 Å². The van der Waals surface area contributed by atoms with Crippen molar-refractivity contribution in [2.45, 2.75) is 32.9 Å². The number of hydrogen-bond donors (Lipinski definition) is 1. The lowest BCUT2D eigenvalue weighted by Crippen LogP contribution is -2.03. The summed E-state index contributed by atoms with van der Waals surface area (Å²) in [6.07, 6.45) is 2.57. The standard InChI is InChI=1S/C13H17NO/c1-3-14-7-6-12-9-11(8-10(2)15)4-5-13(12)14/h4-7,9-10,15H,3,8H2,1-2H3. The molecular formula is C13H17NO. The SMILES string of the molecule is CCn1ccc2cc(CC(C)O)ccc21. The van der Waals surface area contributed by atoms with Crippen molar-refractivity contribution in [3.63, 3.8) is 0 Å². The Kier molecular flexibility index (Phi) is 2.78. The molecule has 0 spiro atoms. The minimum absolute atomic E-state index is 0.268. The number of nitrogens with zero attached hydrogens (tertiary/aromatic N) is 1. The minimum Gasteiger partial charge on any atom is -0.393 e. The summed E-state index contributed by atoms with van der Waals surface area (Å²) in [6, 6.07) is 8.52. The normalized spacial score (nSPS) is 13.3. The number of aryl methyl sites for hydroxylation is 1. The molecule has 0 bridgehead atoms. The highest BCUT2D eigenvalue weighted by Crippen LogP contribution is 2.18. The molecular weight excluding hydrogens is 186 g/mol. The van der Waals surface area contributed by atoms with Crippen molar-refractivity contribution in [2.75, 3.05) is 0 Å². The lowest BCUT2D eigenvalue weighted by molar-refractivity contribution is 0.195. The van der Waals surface area contributed by atoms with E-state index in [0.717, 1.165) is 13.0 Å². The zero-order valence-electron chi connectivity index (χ0n) is 9.27. The first-order valence-corrected chi connectivity index (χ1v) is 5.46. The van der Waals surface area contributed by atoms with Gasteiger partial charge in [0.25, 0.3) is 0 Å². The second-order valence-corrected chi connectivity index (χ2v) is 4.05. The van der Waals surface area contributed by atoms with Crippen molar-refractivity contribution in [1.29, 1.82) is 0 Å². The average Bonchev–Trinajstić information content (AvgIpc) is 2.58. The third kappa shape index (κ3) is 2.05. The predicted octanol–water partition coefficient (Wildman–Crippen LogP) is 2.58. The summed E-state index contributed by atoms with van der Waals surface area (Å²) in [6.45, 7) is 4.96. The van der Waals surface area contributed by atoms with E-state index in [2.05, 4.69) is 42.0 Å². The van der Waals surface area contributed by atoms with Gasteiger partial charge in [-0.05, 0) is 49.4 Å². The Morgan fingerprint density at radius 3 is 2.80 bits per heavy atom. The van der Waals surface area contributed by atoms with E-state index in [0.29, 0.717) is 0 Å². The fraction of sp³-hybridized carbons (Fsp3) is 0.385. The van der Waals surface area contributed by atoms with Crippen molar-refractivity contribution in [3.8, 4) is 0 Å². The molecule has 0 aliphatic carbocycles. The molecule has 0 radical (unpaired) electrons. The van der Waals surface area contributed by atoms with Crippen LogP contribution in [0.4, 0.5) is 0 Å². The Morgan fingerprint density at radius 2 is 2.13 bits per heavy atom. The molecule has 0 aliphatic heterocycles. The molecule has 0 saturated heterocycles. The van der Waals surface area contributed by atoms with Gasteiger partial charge in [0.05, 0.1) is 6.10 Å². The molecule has 2 rings (SSSR count). The van der Waals surface area contributed by atoms with Crippen LogP contribution in [0.1, 0.15) is 19.4 Å². The summed E-state index contributed by atoms with van der Waals surface area (Å²) in [5, 5.41) is 10.6. The second kappa shape index (κ2) is 4.07. The van der Waals surface area contributed by atoms with E-state index in [4.69, 9.17) is 0 Å². The fourth-order valence-electron chi connectivity index (χ4n) is 1.99.